The van der Waals surface area contributed by atoms with Crippen LogP contribution < -0.4 is 0 Å². The molecule has 0 bridgehead atoms. The van der Waals surface area contributed by atoms with Crippen molar-refractivity contribution in [1.29, 1.82) is 0 Å². The number of carbonyl (C=O) groups is 2. The number of benzene rings is 3. The molecule has 4 nitrogen and oxygen atoms in total. The van der Waals surface area contributed by atoms with E-state index < -0.39 is 0 Å². The molecule has 0 amide bonds. The maximum absolute atomic E-state index is 11.4. The summed E-state index contributed by atoms with van der Waals surface area (Å²) in [6, 6.07) is 9.50. The minimum atomic E-state index is -0.145. The van der Waals surface area contributed by atoms with Gasteiger partial charge in [0.05, 0.1) is 0 Å². The summed E-state index contributed by atoms with van der Waals surface area (Å²) >= 11 is 0. The molecule has 0 aromatic heterocycles. The molecule has 6 heteroatoms. The van der Waals surface area contributed by atoms with Gasteiger partial charge in [0.25, 0.3) is 0 Å². The van der Waals surface area contributed by atoms with Gasteiger partial charge in [-0.15, -0.1) is 24.8 Å². The maximum atomic E-state index is 11.4. The first-order valence-corrected chi connectivity index (χ1v) is 5.98. The largest absolute Gasteiger partial charge is 0.507 e. The molecule has 0 radical (unpaired) electrons. The average Bonchev–Trinajstić information content (AvgIpc) is 2.48. The fourth-order valence-electron chi connectivity index (χ4n) is 2.59. The Hall–Kier alpha value is -2.30. The Balaban J connectivity index is 0.00000121. The van der Waals surface area contributed by atoms with Crippen molar-refractivity contribution in [3.05, 3.63) is 47.5 Å². The Morgan fingerprint density at radius 1 is 0.682 bits per heavy atom. The summed E-state index contributed by atoms with van der Waals surface area (Å²) in [6.07, 6.45) is 1.25. The third-order valence-corrected chi connectivity index (χ3v) is 3.44. The van der Waals surface area contributed by atoms with Gasteiger partial charge >= 0.3 is 0 Å². The van der Waals surface area contributed by atoms with Gasteiger partial charge in [-0.2, -0.15) is 0 Å². The second-order valence-corrected chi connectivity index (χ2v) is 4.46. The smallest absolute Gasteiger partial charge is 0.151 e. The number of hydrogen-bond donors (Lipinski definition) is 2. The van der Waals surface area contributed by atoms with E-state index in [0.29, 0.717) is 23.3 Å². The van der Waals surface area contributed by atoms with E-state index in [0.717, 1.165) is 0 Å². The lowest BCUT2D eigenvalue weighted by Crippen LogP contribution is -1.94. The van der Waals surface area contributed by atoms with Crippen LogP contribution in [0.5, 0.6) is 11.5 Å². The van der Waals surface area contributed by atoms with Crippen molar-refractivity contribution < 1.29 is 19.8 Å². The zero-order valence-electron chi connectivity index (χ0n) is 11.1. The Morgan fingerprint density at radius 3 is 1.36 bits per heavy atom. The molecule has 114 valence electrons. The molecule has 0 saturated heterocycles. The van der Waals surface area contributed by atoms with Gasteiger partial charge in [-0.05, 0) is 22.9 Å². The van der Waals surface area contributed by atoms with Gasteiger partial charge in [-0.1, -0.05) is 24.3 Å². The summed E-state index contributed by atoms with van der Waals surface area (Å²) in [5, 5.41) is 21.5. The molecule has 0 fully saturated rings. The Kier molecular flexibility index (Phi) is 5.36. The third kappa shape index (κ3) is 2.36. The highest BCUT2D eigenvalue weighted by Gasteiger charge is 2.18. The first-order chi connectivity index (χ1) is 9.69. The summed E-state index contributed by atoms with van der Waals surface area (Å²) in [6.45, 7) is 0. The van der Waals surface area contributed by atoms with Gasteiger partial charge in [-0.3, -0.25) is 9.59 Å². The number of aldehydes is 2. The predicted molar refractivity (Wildman–Crippen MR) is 90.1 cm³/mol. The predicted octanol–water partition coefficient (Wildman–Crippen LogP) is 3.87. The maximum Gasteiger partial charge on any atom is 0.151 e. The number of halogens is 2. The number of fused-ring (bicyclic) bond motifs is 2. The van der Waals surface area contributed by atoms with Crippen LogP contribution in [0.25, 0.3) is 21.5 Å². The van der Waals surface area contributed by atoms with Crippen LogP contribution in [0.3, 0.4) is 0 Å². The molecule has 0 aliphatic heterocycles. The van der Waals surface area contributed by atoms with Gasteiger partial charge in [0.2, 0.25) is 0 Å². The molecule has 22 heavy (non-hydrogen) atoms. The fraction of sp³-hybridized carbons (Fsp3) is 0. The van der Waals surface area contributed by atoms with Crippen LogP contribution in [0.1, 0.15) is 20.7 Å². The van der Waals surface area contributed by atoms with E-state index in [2.05, 4.69) is 0 Å². The molecule has 3 aromatic carbocycles. The highest BCUT2D eigenvalue weighted by atomic mass is 35.5. The van der Waals surface area contributed by atoms with E-state index in [1.54, 1.807) is 24.3 Å². The molecule has 3 aromatic rings. The number of aromatic hydroxyl groups is 2. The molecular formula is C16H12Cl2O4. The minimum absolute atomic E-state index is 0. The molecule has 0 aliphatic carbocycles. The minimum Gasteiger partial charge on any atom is -0.507 e. The van der Waals surface area contributed by atoms with Crippen LogP contribution in [0.2, 0.25) is 0 Å². The van der Waals surface area contributed by atoms with Crippen molar-refractivity contribution in [2.24, 2.45) is 0 Å². The van der Waals surface area contributed by atoms with Crippen LogP contribution in [-0.2, 0) is 0 Å². The lowest BCUT2D eigenvalue weighted by molar-refractivity contribution is 0.111. The quantitative estimate of drug-likeness (QED) is 0.422. The van der Waals surface area contributed by atoms with E-state index in [1.165, 1.54) is 12.1 Å². The lowest BCUT2D eigenvalue weighted by atomic mass is 9.92. The van der Waals surface area contributed by atoms with Gasteiger partial charge in [0, 0.05) is 21.9 Å². The molecule has 0 atom stereocenters. The molecule has 0 heterocycles. The third-order valence-electron chi connectivity index (χ3n) is 3.44. The standard InChI is InChI=1S/C16H10O4.2ClH/c17-7-11-9-3-1-2-4-10(9)12(8-18)16-14(20)6-5-13(19)15(11)16;;/h1-8,19-20H;2*1H. The van der Waals surface area contributed by atoms with Crippen LogP contribution in [0.4, 0.5) is 0 Å². The van der Waals surface area contributed by atoms with E-state index in [1.807, 2.05) is 0 Å². The lowest BCUT2D eigenvalue weighted by Gasteiger charge is -2.12. The molecule has 3 rings (SSSR count). The van der Waals surface area contributed by atoms with Crippen molar-refractivity contribution in [1.82, 2.24) is 0 Å². The molecule has 0 saturated carbocycles. The van der Waals surface area contributed by atoms with E-state index >= 15 is 0 Å². The summed E-state index contributed by atoms with van der Waals surface area (Å²) in [5.41, 5.74) is 0.518. The monoisotopic (exact) mass is 338 g/mol. The Labute approximate surface area is 138 Å². The molecule has 0 spiro atoms. The zero-order chi connectivity index (χ0) is 14.3. The highest BCUT2D eigenvalue weighted by Crippen LogP contribution is 2.40. The van der Waals surface area contributed by atoms with Gasteiger partial charge < -0.3 is 10.2 Å². The van der Waals surface area contributed by atoms with Crippen molar-refractivity contribution in [2.45, 2.75) is 0 Å². The number of phenols is 2. The number of phenolic OH excluding ortho intramolecular Hbond substituents is 2. The molecule has 0 unspecified atom stereocenters. The molecule has 0 aliphatic rings. The highest BCUT2D eigenvalue weighted by molar-refractivity contribution is 6.22. The summed E-state index contributed by atoms with van der Waals surface area (Å²) in [4.78, 5) is 22.8. The van der Waals surface area contributed by atoms with Gasteiger partial charge in [-0.25, -0.2) is 0 Å². The fourth-order valence-corrected chi connectivity index (χ4v) is 2.59. The average molecular weight is 339 g/mol. The normalized spacial score (nSPS) is 9.82. The zero-order valence-corrected chi connectivity index (χ0v) is 12.8. The summed E-state index contributed by atoms with van der Waals surface area (Å²) in [5.74, 6) is -0.289. The van der Waals surface area contributed by atoms with Crippen LogP contribution in [-0.4, -0.2) is 22.8 Å². The van der Waals surface area contributed by atoms with Crippen LogP contribution in [0.15, 0.2) is 36.4 Å². The van der Waals surface area contributed by atoms with Crippen molar-refractivity contribution >= 4 is 58.9 Å². The number of carbonyl (C=O) groups excluding carboxylic acids is 2. The first-order valence-electron chi connectivity index (χ1n) is 5.98. The van der Waals surface area contributed by atoms with Crippen molar-refractivity contribution in [2.75, 3.05) is 0 Å². The summed E-state index contributed by atoms with van der Waals surface area (Å²) < 4.78 is 0. The van der Waals surface area contributed by atoms with Gasteiger partial charge in [0.1, 0.15) is 11.5 Å². The van der Waals surface area contributed by atoms with Crippen LogP contribution >= 0.6 is 24.8 Å². The van der Waals surface area contributed by atoms with E-state index in [-0.39, 0.29) is 58.2 Å². The Bertz CT molecular complexity index is 803. The second kappa shape index (κ2) is 6.64. The SMILES string of the molecule is Cl.Cl.O=Cc1c2ccccc2c(C=O)c2c(O)ccc(O)c12. The van der Waals surface area contributed by atoms with E-state index in [9.17, 15) is 19.8 Å². The second-order valence-electron chi connectivity index (χ2n) is 4.46. The molecular weight excluding hydrogens is 327 g/mol. The van der Waals surface area contributed by atoms with Crippen molar-refractivity contribution in [3.8, 4) is 11.5 Å². The Morgan fingerprint density at radius 2 is 1.05 bits per heavy atom. The number of rotatable bonds is 2. The number of hydrogen-bond acceptors (Lipinski definition) is 4. The summed E-state index contributed by atoms with van der Waals surface area (Å²) in [7, 11) is 0. The molecule has 2 N–H and O–H groups in total. The van der Waals surface area contributed by atoms with Crippen LogP contribution in [0, 0.1) is 0 Å². The van der Waals surface area contributed by atoms with Gasteiger partial charge in [0.15, 0.2) is 12.6 Å². The van der Waals surface area contributed by atoms with E-state index in [4.69, 9.17) is 0 Å². The first kappa shape index (κ1) is 17.8. The van der Waals surface area contributed by atoms with Crippen molar-refractivity contribution in [3.63, 3.8) is 0 Å². The topological polar surface area (TPSA) is 74.6 Å².